The maximum absolute atomic E-state index is 10.8. The van der Waals surface area contributed by atoms with Crippen molar-refractivity contribution in [3.8, 4) is 11.8 Å². The highest BCUT2D eigenvalue weighted by atomic mass is 16.6. The first-order chi connectivity index (χ1) is 7.72. The van der Waals surface area contributed by atoms with E-state index in [2.05, 4.69) is 22.0 Å². The summed E-state index contributed by atoms with van der Waals surface area (Å²) in [5.74, 6) is 5.40. The number of nitrogens with one attached hydrogen (secondary N) is 1. The Balaban J connectivity index is 2.66. The lowest BCUT2D eigenvalue weighted by Gasteiger charge is -1.95. The third-order valence-electron chi connectivity index (χ3n) is 2.07. The smallest absolute Gasteiger partial charge is 0.281 e. The zero-order valence-corrected chi connectivity index (χ0v) is 8.23. The highest BCUT2D eigenvalue weighted by Crippen LogP contribution is 2.25. The van der Waals surface area contributed by atoms with Crippen molar-refractivity contribution >= 4 is 16.6 Å². The number of non-ortho nitro benzene ring substituents is 1. The van der Waals surface area contributed by atoms with Gasteiger partial charge in [-0.2, -0.15) is 5.10 Å². The Kier molecular flexibility index (Phi) is 2.54. The summed E-state index contributed by atoms with van der Waals surface area (Å²) in [6, 6.07) is 3.12. The maximum Gasteiger partial charge on any atom is 0.281 e. The molecule has 2 aromatic rings. The second-order valence-electron chi connectivity index (χ2n) is 3.09. The van der Waals surface area contributed by atoms with Crippen LogP contribution in [0.2, 0.25) is 0 Å². The van der Waals surface area contributed by atoms with Crippen LogP contribution < -0.4 is 5.73 Å². The molecule has 16 heavy (non-hydrogen) atoms. The Labute approximate surface area is 90.6 Å². The summed E-state index contributed by atoms with van der Waals surface area (Å²) in [6.45, 7) is 0.217. The first-order valence-electron chi connectivity index (χ1n) is 4.53. The molecule has 0 spiro atoms. The van der Waals surface area contributed by atoms with Gasteiger partial charge in [0.2, 0.25) is 0 Å². The molecule has 0 saturated heterocycles. The third kappa shape index (κ3) is 1.71. The number of fused-ring (bicyclic) bond motifs is 1. The number of rotatable bonds is 1. The molecule has 0 fully saturated rings. The van der Waals surface area contributed by atoms with E-state index in [1.165, 1.54) is 12.3 Å². The predicted molar refractivity (Wildman–Crippen MR) is 58.7 cm³/mol. The molecule has 0 unspecified atom stereocenters. The van der Waals surface area contributed by atoms with Crippen molar-refractivity contribution in [1.82, 2.24) is 10.2 Å². The van der Waals surface area contributed by atoms with Gasteiger partial charge in [0.1, 0.15) is 0 Å². The molecule has 0 amide bonds. The Morgan fingerprint density at radius 2 is 2.38 bits per heavy atom. The van der Waals surface area contributed by atoms with Gasteiger partial charge < -0.3 is 5.73 Å². The van der Waals surface area contributed by atoms with E-state index < -0.39 is 4.92 Å². The molecule has 2 rings (SSSR count). The lowest BCUT2D eigenvalue weighted by molar-refractivity contribution is -0.383. The van der Waals surface area contributed by atoms with Gasteiger partial charge in [-0.25, -0.2) is 0 Å². The van der Waals surface area contributed by atoms with Gasteiger partial charge in [0.15, 0.2) is 0 Å². The van der Waals surface area contributed by atoms with E-state index in [0.29, 0.717) is 16.5 Å². The minimum atomic E-state index is -0.453. The average molecular weight is 216 g/mol. The molecular formula is C10H8N4O2. The first-order valence-corrected chi connectivity index (χ1v) is 4.53. The van der Waals surface area contributed by atoms with Gasteiger partial charge in [0.25, 0.3) is 5.69 Å². The van der Waals surface area contributed by atoms with Crippen LogP contribution in [0.15, 0.2) is 18.3 Å². The monoisotopic (exact) mass is 216 g/mol. The minimum Gasteiger partial charge on any atom is -0.320 e. The molecule has 0 aliphatic carbocycles. The van der Waals surface area contributed by atoms with Crippen molar-refractivity contribution in [2.75, 3.05) is 6.54 Å². The van der Waals surface area contributed by atoms with Crippen LogP contribution in [-0.2, 0) is 0 Å². The number of H-pyrrole nitrogens is 1. The summed E-state index contributed by atoms with van der Waals surface area (Å²) in [5.41, 5.74) is 6.38. The number of nitro groups is 1. The highest BCUT2D eigenvalue weighted by molar-refractivity contribution is 5.88. The van der Waals surface area contributed by atoms with Crippen LogP contribution in [0.5, 0.6) is 0 Å². The molecular weight excluding hydrogens is 208 g/mol. The molecule has 1 heterocycles. The van der Waals surface area contributed by atoms with Crippen LogP contribution in [-0.4, -0.2) is 21.7 Å². The highest BCUT2D eigenvalue weighted by Gasteiger charge is 2.14. The van der Waals surface area contributed by atoms with Crippen LogP contribution >= 0.6 is 0 Å². The van der Waals surface area contributed by atoms with Crippen LogP contribution in [0.4, 0.5) is 5.69 Å². The lowest BCUT2D eigenvalue weighted by Crippen LogP contribution is -1.94. The van der Waals surface area contributed by atoms with Crippen molar-refractivity contribution < 1.29 is 4.92 Å². The zero-order chi connectivity index (χ0) is 11.5. The molecule has 6 heteroatoms. The van der Waals surface area contributed by atoms with Gasteiger partial charge in [-0.1, -0.05) is 11.8 Å². The maximum atomic E-state index is 10.8. The van der Waals surface area contributed by atoms with E-state index in [1.807, 2.05) is 0 Å². The van der Waals surface area contributed by atoms with E-state index in [4.69, 9.17) is 5.73 Å². The van der Waals surface area contributed by atoms with Crippen LogP contribution in [0.3, 0.4) is 0 Å². The molecule has 0 aliphatic heterocycles. The largest absolute Gasteiger partial charge is 0.320 e. The normalized spacial score (nSPS) is 9.81. The fourth-order valence-electron chi connectivity index (χ4n) is 1.41. The van der Waals surface area contributed by atoms with Gasteiger partial charge in [-0.3, -0.25) is 15.2 Å². The molecule has 0 radical (unpaired) electrons. The van der Waals surface area contributed by atoms with E-state index in [-0.39, 0.29) is 12.2 Å². The van der Waals surface area contributed by atoms with Crippen molar-refractivity contribution in [1.29, 1.82) is 0 Å². The Bertz CT molecular complexity index is 606. The van der Waals surface area contributed by atoms with Gasteiger partial charge in [0.05, 0.1) is 28.6 Å². The molecule has 0 aliphatic rings. The van der Waals surface area contributed by atoms with Crippen LogP contribution in [0.25, 0.3) is 10.9 Å². The number of nitrogens with two attached hydrogens (primary N) is 1. The topological polar surface area (TPSA) is 97.8 Å². The summed E-state index contributed by atoms with van der Waals surface area (Å²) in [6.07, 6.45) is 1.42. The Morgan fingerprint density at radius 1 is 1.56 bits per heavy atom. The molecule has 1 aromatic heterocycles. The first kappa shape index (κ1) is 10.1. The molecule has 0 atom stereocenters. The average Bonchev–Trinajstić information content (AvgIpc) is 2.72. The molecule has 1 aromatic carbocycles. The summed E-state index contributed by atoms with van der Waals surface area (Å²) in [4.78, 5) is 10.4. The molecule has 0 saturated carbocycles. The Hall–Kier alpha value is -2.39. The number of benzene rings is 1. The molecule has 0 bridgehead atoms. The van der Waals surface area contributed by atoms with Crippen molar-refractivity contribution in [2.45, 2.75) is 0 Å². The number of aromatic nitrogens is 2. The Morgan fingerprint density at radius 3 is 3.06 bits per heavy atom. The SMILES string of the molecule is NCC#Cc1cc([N+](=O)[O-])c2cn[nH]c2c1. The van der Waals surface area contributed by atoms with Crippen molar-refractivity contribution in [3.05, 3.63) is 34.0 Å². The van der Waals surface area contributed by atoms with Gasteiger partial charge in [-0.15, -0.1) is 0 Å². The summed E-state index contributed by atoms with van der Waals surface area (Å²) < 4.78 is 0. The van der Waals surface area contributed by atoms with E-state index in [1.54, 1.807) is 6.07 Å². The minimum absolute atomic E-state index is 0.00688. The van der Waals surface area contributed by atoms with E-state index >= 15 is 0 Å². The van der Waals surface area contributed by atoms with Crippen LogP contribution in [0.1, 0.15) is 5.56 Å². The van der Waals surface area contributed by atoms with Crippen molar-refractivity contribution in [3.63, 3.8) is 0 Å². The summed E-state index contributed by atoms with van der Waals surface area (Å²) >= 11 is 0. The number of nitro benzene ring substituents is 1. The number of hydrogen-bond acceptors (Lipinski definition) is 4. The number of aromatic amines is 1. The second kappa shape index (κ2) is 4.00. The van der Waals surface area contributed by atoms with Gasteiger partial charge in [0, 0.05) is 11.6 Å². The van der Waals surface area contributed by atoms with Crippen LogP contribution in [0, 0.1) is 22.0 Å². The summed E-state index contributed by atoms with van der Waals surface area (Å²) in [7, 11) is 0. The lowest BCUT2D eigenvalue weighted by atomic mass is 10.1. The van der Waals surface area contributed by atoms with E-state index in [9.17, 15) is 10.1 Å². The predicted octanol–water partition coefficient (Wildman–Crippen LogP) is 0.781. The number of hydrogen-bond donors (Lipinski definition) is 2. The molecule has 3 N–H and O–H groups in total. The van der Waals surface area contributed by atoms with Gasteiger partial charge in [-0.05, 0) is 6.07 Å². The third-order valence-corrected chi connectivity index (χ3v) is 2.07. The number of nitrogens with zero attached hydrogens (tertiary/aromatic N) is 2. The molecule has 6 nitrogen and oxygen atoms in total. The standard InChI is InChI=1S/C10H8N4O2/c11-3-1-2-7-4-9-8(6-12-13-9)10(5-7)14(15)16/h4-6H,3,11H2,(H,12,13). The quantitative estimate of drug-likeness (QED) is 0.418. The second-order valence-corrected chi connectivity index (χ2v) is 3.09. The fourth-order valence-corrected chi connectivity index (χ4v) is 1.41. The molecule has 80 valence electrons. The van der Waals surface area contributed by atoms with Crippen molar-refractivity contribution in [2.24, 2.45) is 5.73 Å². The van der Waals surface area contributed by atoms with Gasteiger partial charge >= 0.3 is 0 Å². The van der Waals surface area contributed by atoms with E-state index in [0.717, 1.165) is 0 Å². The summed E-state index contributed by atoms with van der Waals surface area (Å²) in [5, 5.41) is 17.7. The fraction of sp³-hybridized carbons (Fsp3) is 0.100. The zero-order valence-electron chi connectivity index (χ0n) is 8.23.